The Hall–Kier alpha value is -1.18. The van der Waals surface area contributed by atoms with Gasteiger partial charge in [-0.25, -0.2) is 12.8 Å². The Balaban J connectivity index is 2.32. The van der Waals surface area contributed by atoms with E-state index in [4.69, 9.17) is 16.7 Å². The highest BCUT2D eigenvalue weighted by atomic mass is 35.5. The van der Waals surface area contributed by atoms with Crippen molar-refractivity contribution in [1.82, 2.24) is 4.31 Å². The van der Waals surface area contributed by atoms with Crippen molar-refractivity contribution in [2.45, 2.75) is 11.8 Å². The Morgan fingerprint density at radius 2 is 2.10 bits per heavy atom. The van der Waals surface area contributed by atoms with Gasteiger partial charge in [-0.3, -0.25) is 4.79 Å². The molecule has 2 atom stereocenters. The van der Waals surface area contributed by atoms with E-state index < -0.39 is 27.7 Å². The zero-order valence-corrected chi connectivity index (χ0v) is 12.2. The van der Waals surface area contributed by atoms with Gasteiger partial charge in [-0.2, -0.15) is 4.31 Å². The van der Waals surface area contributed by atoms with E-state index in [9.17, 15) is 17.6 Å². The Kier molecular flexibility index (Phi) is 4.04. The van der Waals surface area contributed by atoms with Gasteiger partial charge in [0.25, 0.3) is 0 Å². The molecule has 5 nitrogen and oxygen atoms in total. The number of sulfonamides is 1. The van der Waals surface area contributed by atoms with Crippen molar-refractivity contribution in [2.75, 3.05) is 13.1 Å². The molecule has 0 aromatic heterocycles. The number of hydrogen-bond donors (Lipinski definition) is 1. The molecular formula is C12H13ClFNO4S. The zero-order valence-electron chi connectivity index (χ0n) is 10.6. The lowest BCUT2D eigenvalue weighted by Crippen LogP contribution is -2.30. The highest BCUT2D eigenvalue weighted by Gasteiger charge is 2.40. The Bertz CT molecular complexity index is 649. The minimum atomic E-state index is -3.86. The van der Waals surface area contributed by atoms with Crippen molar-refractivity contribution >= 4 is 27.6 Å². The SMILES string of the molecule is CC1CN(S(=O)(=O)c2ccc(F)c(Cl)c2)CC1C(=O)O. The molecule has 2 rings (SSSR count). The summed E-state index contributed by atoms with van der Waals surface area (Å²) in [5.74, 6) is -2.74. The van der Waals surface area contributed by atoms with Gasteiger partial charge in [0.05, 0.1) is 15.8 Å². The predicted octanol–water partition coefficient (Wildman–Crippen LogP) is 1.82. The predicted molar refractivity (Wildman–Crippen MR) is 70.5 cm³/mol. The molecule has 0 bridgehead atoms. The van der Waals surface area contributed by atoms with Crippen molar-refractivity contribution in [3.8, 4) is 0 Å². The molecule has 1 N–H and O–H groups in total. The van der Waals surface area contributed by atoms with E-state index in [-0.39, 0.29) is 28.9 Å². The Morgan fingerprint density at radius 1 is 1.45 bits per heavy atom. The summed E-state index contributed by atoms with van der Waals surface area (Å²) in [5, 5.41) is 8.74. The van der Waals surface area contributed by atoms with Crippen molar-refractivity contribution in [3.63, 3.8) is 0 Å². The third-order valence-electron chi connectivity index (χ3n) is 3.42. The first kappa shape index (κ1) is 15.2. The smallest absolute Gasteiger partial charge is 0.308 e. The van der Waals surface area contributed by atoms with Crippen molar-refractivity contribution in [3.05, 3.63) is 29.0 Å². The monoisotopic (exact) mass is 321 g/mol. The van der Waals surface area contributed by atoms with Crippen molar-refractivity contribution in [2.24, 2.45) is 11.8 Å². The van der Waals surface area contributed by atoms with Crippen LogP contribution >= 0.6 is 11.6 Å². The van der Waals surface area contributed by atoms with Crippen LogP contribution in [0.3, 0.4) is 0 Å². The average molecular weight is 322 g/mol. The molecule has 8 heteroatoms. The Morgan fingerprint density at radius 3 is 2.60 bits per heavy atom. The van der Waals surface area contributed by atoms with Gasteiger partial charge < -0.3 is 5.11 Å². The normalized spacial score (nSPS) is 23.9. The number of carboxylic acids is 1. The summed E-state index contributed by atoms with van der Waals surface area (Å²) in [6.07, 6.45) is 0. The Labute approximate surface area is 121 Å². The molecule has 1 aromatic carbocycles. The molecule has 20 heavy (non-hydrogen) atoms. The molecule has 0 spiro atoms. The lowest BCUT2D eigenvalue weighted by Gasteiger charge is -2.16. The van der Waals surface area contributed by atoms with Crippen LogP contribution in [-0.4, -0.2) is 36.9 Å². The number of nitrogens with zero attached hydrogens (tertiary/aromatic N) is 1. The molecule has 1 heterocycles. The van der Waals surface area contributed by atoms with Crippen LogP contribution in [0.25, 0.3) is 0 Å². The summed E-state index contributed by atoms with van der Waals surface area (Å²) in [6, 6.07) is 3.13. The fraction of sp³-hybridized carbons (Fsp3) is 0.417. The van der Waals surface area contributed by atoms with Crippen LogP contribution in [0.4, 0.5) is 4.39 Å². The summed E-state index contributed by atoms with van der Waals surface area (Å²) in [6.45, 7) is 1.72. The standard InChI is InChI=1S/C12H13ClFNO4S/c1-7-5-15(6-9(7)12(16)17)20(18,19)8-2-3-11(14)10(13)4-8/h2-4,7,9H,5-6H2,1H3,(H,16,17). The summed E-state index contributed by atoms with van der Waals surface area (Å²) >= 11 is 5.58. The second kappa shape index (κ2) is 5.31. The van der Waals surface area contributed by atoms with Gasteiger partial charge in [-0.1, -0.05) is 18.5 Å². The van der Waals surface area contributed by atoms with Crippen LogP contribution in [-0.2, 0) is 14.8 Å². The third-order valence-corrected chi connectivity index (χ3v) is 5.54. The second-order valence-corrected chi connectivity index (χ2v) is 7.17. The molecule has 1 aliphatic rings. The molecule has 1 aliphatic heterocycles. The molecule has 1 aromatic rings. The second-order valence-electron chi connectivity index (χ2n) is 4.82. The van der Waals surface area contributed by atoms with E-state index in [2.05, 4.69) is 0 Å². The maximum absolute atomic E-state index is 13.1. The number of hydrogen-bond acceptors (Lipinski definition) is 3. The third kappa shape index (κ3) is 2.65. The molecule has 0 amide bonds. The number of aliphatic carboxylic acids is 1. The van der Waals surface area contributed by atoms with Gasteiger partial charge in [-0.15, -0.1) is 0 Å². The van der Waals surface area contributed by atoms with Crippen LogP contribution in [0.5, 0.6) is 0 Å². The van der Waals surface area contributed by atoms with E-state index in [1.807, 2.05) is 0 Å². The lowest BCUT2D eigenvalue weighted by atomic mass is 9.99. The average Bonchev–Trinajstić information content (AvgIpc) is 2.75. The van der Waals surface area contributed by atoms with Gasteiger partial charge >= 0.3 is 5.97 Å². The molecule has 0 saturated carbocycles. The molecule has 0 radical (unpaired) electrons. The van der Waals surface area contributed by atoms with Crippen molar-refractivity contribution < 1.29 is 22.7 Å². The molecular weight excluding hydrogens is 309 g/mol. The van der Waals surface area contributed by atoms with Gasteiger partial charge in [0, 0.05) is 13.1 Å². The van der Waals surface area contributed by atoms with E-state index in [1.54, 1.807) is 6.92 Å². The number of benzene rings is 1. The molecule has 0 aliphatic carbocycles. The summed E-state index contributed by atoms with van der Waals surface area (Å²) in [4.78, 5) is 10.9. The molecule has 110 valence electrons. The minimum absolute atomic E-state index is 0.0895. The van der Waals surface area contributed by atoms with Crippen LogP contribution in [0.2, 0.25) is 5.02 Å². The first-order valence-corrected chi connectivity index (χ1v) is 7.73. The molecule has 1 saturated heterocycles. The summed E-state index contributed by atoms with van der Waals surface area (Å²) in [7, 11) is -3.86. The van der Waals surface area contributed by atoms with Gasteiger partial charge in [-0.05, 0) is 24.1 Å². The van der Waals surface area contributed by atoms with Crippen LogP contribution in [0.1, 0.15) is 6.92 Å². The maximum atomic E-state index is 13.1. The van der Waals surface area contributed by atoms with Crippen LogP contribution in [0, 0.1) is 17.7 Å². The molecule has 2 unspecified atom stereocenters. The molecule has 1 fully saturated rings. The number of halogens is 2. The van der Waals surface area contributed by atoms with Crippen LogP contribution in [0.15, 0.2) is 23.1 Å². The number of carbonyl (C=O) groups is 1. The quantitative estimate of drug-likeness (QED) is 0.921. The van der Waals surface area contributed by atoms with Crippen LogP contribution < -0.4 is 0 Å². The number of rotatable bonds is 3. The van der Waals surface area contributed by atoms with Gasteiger partial charge in [0.1, 0.15) is 5.82 Å². The van der Waals surface area contributed by atoms with Gasteiger partial charge in [0.15, 0.2) is 0 Å². The number of carboxylic acid groups (broad SMARTS) is 1. The summed E-state index contributed by atoms with van der Waals surface area (Å²) in [5.41, 5.74) is 0. The topological polar surface area (TPSA) is 74.7 Å². The highest BCUT2D eigenvalue weighted by Crippen LogP contribution is 2.30. The maximum Gasteiger partial charge on any atom is 0.308 e. The van der Waals surface area contributed by atoms with Gasteiger partial charge in [0.2, 0.25) is 10.0 Å². The first-order chi connectivity index (χ1) is 9.23. The fourth-order valence-electron chi connectivity index (χ4n) is 2.23. The first-order valence-electron chi connectivity index (χ1n) is 5.91. The van der Waals surface area contributed by atoms with Crippen molar-refractivity contribution in [1.29, 1.82) is 0 Å². The highest BCUT2D eigenvalue weighted by molar-refractivity contribution is 7.89. The van der Waals surface area contributed by atoms with E-state index in [1.165, 1.54) is 0 Å². The lowest BCUT2D eigenvalue weighted by molar-refractivity contribution is -0.142. The van der Waals surface area contributed by atoms with E-state index in [0.29, 0.717) is 0 Å². The summed E-state index contributed by atoms with van der Waals surface area (Å²) < 4.78 is 38.9. The minimum Gasteiger partial charge on any atom is -0.481 e. The van der Waals surface area contributed by atoms with E-state index in [0.717, 1.165) is 22.5 Å². The zero-order chi connectivity index (χ0) is 15.1. The largest absolute Gasteiger partial charge is 0.481 e. The fourth-order valence-corrected chi connectivity index (χ4v) is 4.06. The van der Waals surface area contributed by atoms with E-state index >= 15 is 0 Å².